The van der Waals surface area contributed by atoms with Crippen molar-refractivity contribution in [3.8, 4) is 0 Å². The van der Waals surface area contributed by atoms with Crippen molar-refractivity contribution in [2.75, 3.05) is 27.1 Å². The maximum absolute atomic E-state index is 13.2. The summed E-state index contributed by atoms with van der Waals surface area (Å²) in [7, 11) is 0. The molecule has 3 atom stereocenters. The molecule has 2 saturated heterocycles. The van der Waals surface area contributed by atoms with Gasteiger partial charge in [-0.25, -0.2) is 4.79 Å². The largest absolute Gasteiger partial charge is 0.356 e. The first-order valence-electron chi connectivity index (χ1n) is 13.5. The van der Waals surface area contributed by atoms with Crippen LogP contribution in [0, 0.1) is 5.41 Å². The quantitative estimate of drug-likeness (QED) is 0.424. The zero-order chi connectivity index (χ0) is 27.4. The lowest BCUT2D eigenvalue weighted by Gasteiger charge is -2.52. The molecule has 2 rings (SSSR count). The van der Waals surface area contributed by atoms with Crippen molar-refractivity contribution in [3.05, 3.63) is 0 Å². The van der Waals surface area contributed by atoms with E-state index in [9.17, 15) is 19.2 Å². The summed E-state index contributed by atoms with van der Waals surface area (Å²) in [6, 6.07) is -1.59. The molecule has 9 heteroatoms. The summed E-state index contributed by atoms with van der Waals surface area (Å²) in [5.74, 6) is -2.05. The van der Waals surface area contributed by atoms with Gasteiger partial charge in [0.2, 0.25) is 5.91 Å². The van der Waals surface area contributed by atoms with Crippen molar-refractivity contribution in [1.29, 1.82) is 0 Å². The van der Waals surface area contributed by atoms with Crippen LogP contribution >= 0.6 is 0 Å². The van der Waals surface area contributed by atoms with Crippen LogP contribution in [0.5, 0.6) is 0 Å². The Bertz CT molecular complexity index is 822. The topological polar surface area (TPSA) is 99.3 Å². The van der Waals surface area contributed by atoms with Crippen LogP contribution in [0.1, 0.15) is 73.1 Å². The van der Waals surface area contributed by atoms with Crippen LogP contribution in [0.15, 0.2) is 0 Å². The number of imide groups is 1. The van der Waals surface area contributed by atoms with E-state index in [4.69, 9.17) is 11.7 Å². The number of hydroxylamine groups is 2. The standard InChI is InChI=1S/C22H38N4O5/c1-15-14-24(5)20(16(2)25(15)6)22(3,4)21(30)23-13-9-7-8-10-19(29)31-26-17(27)11-12-18(26)28/h15-16,20H,7-14H2,1-6H3,(H,23,30)/i5D3,6D2. The van der Waals surface area contributed by atoms with E-state index < -0.39 is 49.3 Å². The summed E-state index contributed by atoms with van der Waals surface area (Å²) in [4.78, 5) is 55.8. The highest BCUT2D eigenvalue weighted by atomic mass is 16.7. The van der Waals surface area contributed by atoms with Gasteiger partial charge in [-0.15, -0.1) is 5.06 Å². The zero-order valence-electron chi connectivity index (χ0n) is 23.8. The smallest absolute Gasteiger partial charge is 0.333 e. The number of hydrogen-bond acceptors (Lipinski definition) is 7. The minimum atomic E-state index is -2.44. The van der Waals surface area contributed by atoms with Crippen molar-refractivity contribution < 1.29 is 30.9 Å². The molecule has 0 aromatic carbocycles. The Morgan fingerprint density at radius 3 is 2.45 bits per heavy atom. The molecule has 0 spiro atoms. The van der Waals surface area contributed by atoms with Gasteiger partial charge in [0.25, 0.3) is 11.8 Å². The molecule has 2 aliphatic heterocycles. The fraction of sp³-hybridized carbons (Fsp3) is 0.818. The first-order valence-corrected chi connectivity index (χ1v) is 10.8. The second kappa shape index (κ2) is 10.5. The molecule has 31 heavy (non-hydrogen) atoms. The van der Waals surface area contributed by atoms with Crippen molar-refractivity contribution in [1.82, 2.24) is 20.2 Å². The lowest BCUT2D eigenvalue weighted by molar-refractivity contribution is -0.197. The summed E-state index contributed by atoms with van der Waals surface area (Å²) < 4.78 is 39.8. The molecular weight excluding hydrogens is 400 g/mol. The van der Waals surface area contributed by atoms with Crippen LogP contribution in [0.3, 0.4) is 0 Å². The average Bonchev–Trinajstić information content (AvgIpc) is 3.06. The number of carbonyl (C=O) groups is 4. The molecule has 0 saturated carbocycles. The average molecular weight is 444 g/mol. The van der Waals surface area contributed by atoms with E-state index >= 15 is 0 Å². The number of nitrogens with zero attached hydrogens (tertiary/aromatic N) is 3. The lowest BCUT2D eigenvalue weighted by Crippen LogP contribution is -2.66. The van der Waals surface area contributed by atoms with Gasteiger partial charge in [0.05, 0.1) is 5.41 Å². The second-order valence-electron chi connectivity index (χ2n) is 8.97. The predicted molar refractivity (Wildman–Crippen MR) is 116 cm³/mol. The number of piperazine rings is 1. The van der Waals surface area contributed by atoms with Gasteiger partial charge in [0.1, 0.15) is 0 Å². The molecule has 3 unspecified atom stereocenters. The summed E-state index contributed by atoms with van der Waals surface area (Å²) in [6.45, 7) is 3.60. The molecule has 0 aliphatic carbocycles. The number of nitrogens with one attached hydrogen (secondary N) is 1. The molecule has 176 valence electrons. The maximum atomic E-state index is 13.2. The van der Waals surface area contributed by atoms with Gasteiger partial charge >= 0.3 is 5.97 Å². The van der Waals surface area contributed by atoms with Crippen LogP contribution in [0.25, 0.3) is 0 Å². The lowest BCUT2D eigenvalue weighted by atomic mass is 9.77. The Hall–Kier alpha value is -2.00. The monoisotopic (exact) mass is 443 g/mol. The van der Waals surface area contributed by atoms with E-state index in [1.807, 2.05) is 0 Å². The highest BCUT2D eigenvalue weighted by Gasteiger charge is 2.46. The molecule has 9 nitrogen and oxygen atoms in total. The second-order valence-corrected chi connectivity index (χ2v) is 8.97. The van der Waals surface area contributed by atoms with Crippen molar-refractivity contribution in [2.45, 2.75) is 84.3 Å². The molecule has 0 aromatic heterocycles. The molecule has 0 bridgehead atoms. The first kappa shape index (κ1) is 18.6. The van der Waals surface area contributed by atoms with E-state index in [0.29, 0.717) is 30.9 Å². The number of carbonyl (C=O) groups excluding carboxylic acids is 4. The van der Waals surface area contributed by atoms with E-state index in [0.717, 1.165) is 0 Å². The third kappa shape index (κ3) is 6.04. The minimum Gasteiger partial charge on any atom is -0.356 e. The Morgan fingerprint density at radius 1 is 1.16 bits per heavy atom. The van der Waals surface area contributed by atoms with Gasteiger partial charge in [0, 0.05) is 57.3 Å². The Morgan fingerprint density at radius 2 is 1.84 bits per heavy atom. The van der Waals surface area contributed by atoms with E-state index in [1.165, 1.54) is 4.90 Å². The minimum absolute atomic E-state index is 0.0269. The van der Waals surface area contributed by atoms with Gasteiger partial charge in [-0.1, -0.05) is 6.42 Å². The van der Waals surface area contributed by atoms with Crippen LogP contribution in [0.2, 0.25) is 0 Å². The third-order valence-electron chi connectivity index (χ3n) is 6.10. The van der Waals surface area contributed by atoms with Gasteiger partial charge < -0.3 is 10.2 Å². The highest BCUT2D eigenvalue weighted by Crippen LogP contribution is 2.33. The normalized spacial score (nSPS) is 28.6. The SMILES string of the molecule is [2H]C([2H])N1C(C)CN(C([2H])([2H])[2H])C(C(C)(C)C(=O)NCCCCCC(=O)ON2C(=O)CCC2=O)C1C. The first-order chi connectivity index (χ1) is 16.6. The van der Waals surface area contributed by atoms with Crippen LogP contribution in [0.4, 0.5) is 0 Å². The molecule has 2 fully saturated rings. The van der Waals surface area contributed by atoms with Crippen LogP contribution in [-0.4, -0.2) is 83.7 Å². The number of amides is 3. The zero-order valence-corrected chi connectivity index (χ0v) is 18.8. The summed E-state index contributed by atoms with van der Waals surface area (Å²) in [5, 5.41) is 3.37. The number of likely N-dealkylation sites (N-methyl/N-ethyl adjacent to an activating group) is 2. The van der Waals surface area contributed by atoms with Crippen molar-refractivity contribution in [2.24, 2.45) is 5.41 Å². The Labute approximate surface area is 192 Å². The van der Waals surface area contributed by atoms with Gasteiger partial charge in [-0.3, -0.25) is 24.2 Å². The third-order valence-corrected chi connectivity index (χ3v) is 6.10. The number of hydrogen-bond donors (Lipinski definition) is 1. The molecule has 0 aromatic rings. The van der Waals surface area contributed by atoms with Gasteiger partial charge in [0.15, 0.2) is 0 Å². The highest BCUT2D eigenvalue weighted by molar-refractivity contribution is 6.01. The van der Waals surface area contributed by atoms with Crippen molar-refractivity contribution >= 4 is 23.7 Å². The molecule has 2 aliphatic rings. The van der Waals surface area contributed by atoms with Crippen LogP contribution in [-0.2, 0) is 24.0 Å². The van der Waals surface area contributed by atoms with E-state index in [2.05, 4.69) is 5.32 Å². The maximum Gasteiger partial charge on any atom is 0.333 e. The molecule has 3 amide bonds. The van der Waals surface area contributed by atoms with Crippen LogP contribution < -0.4 is 5.32 Å². The number of unbranched alkanes of at least 4 members (excludes halogenated alkanes) is 2. The fourth-order valence-corrected chi connectivity index (χ4v) is 4.25. The molecular formula is C22H38N4O5. The summed E-state index contributed by atoms with van der Waals surface area (Å²) in [5.41, 5.74) is -1.13. The Balaban J connectivity index is 1.88. The van der Waals surface area contributed by atoms with Gasteiger partial charge in [-0.05, 0) is 54.5 Å². The van der Waals surface area contributed by atoms with Crippen molar-refractivity contribution in [3.63, 3.8) is 0 Å². The van der Waals surface area contributed by atoms with Gasteiger partial charge in [-0.2, -0.15) is 0 Å². The molecule has 2 heterocycles. The number of rotatable bonds is 9. The Kier molecular flexibility index (Phi) is 6.31. The van der Waals surface area contributed by atoms with E-state index in [-0.39, 0.29) is 37.8 Å². The molecule has 0 radical (unpaired) electrons. The van der Waals surface area contributed by atoms with E-state index in [1.54, 1.807) is 32.6 Å². The summed E-state index contributed by atoms with van der Waals surface area (Å²) >= 11 is 0. The predicted octanol–water partition coefficient (Wildman–Crippen LogP) is 1.32. The summed E-state index contributed by atoms with van der Waals surface area (Å²) in [6.07, 6.45) is 1.70. The molecule has 1 N–H and O–H groups in total. The fourth-order valence-electron chi connectivity index (χ4n) is 4.25.